The summed E-state index contributed by atoms with van der Waals surface area (Å²) >= 11 is 1.83. The zero-order valence-electron chi connectivity index (χ0n) is 16.6. The lowest BCUT2D eigenvalue weighted by Crippen LogP contribution is -2.45. The van der Waals surface area contributed by atoms with Crippen molar-refractivity contribution in [3.63, 3.8) is 0 Å². The zero-order chi connectivity index (χ0) is 19.7. The van der Waals surface area contributed by atoms with Crippen molar-refractivity contribution in [1.29, 1.82) is 0 Å². The Labute approximate surface area is 167 Å². The molecule has 9 heteroatoms. The van der Waals surface area contributed by atoms with Crippen molar-refractivity contribution in [2.45, 2.75) is 32.2 Å². The quantitative estimate of drug-likeness (QED) is 0.324. The van der Waals surface area contributed by atoms with E-state index in [1.807, 2.05) is 11.3 Å². The third-order valence-electron chi connectivity index (χ3n) is 4.95. The number of guanidine groups is 1. The first kappa shape index (κ1) is 22.1. The van der Waals surface area contributed by atoms with Crippen LogP contribution in [0.1, 0.15) is 37.1 Å². The second-order valence-corrected chi connectivity index (χ2v) is 9.95. The number of sulfonamides is 1. The summed E-state index contributed by atoms with van der Waals surface area (Å²) in [5.74, 6) is 1.43. The van der Waals surface area contributed by atoms with Gasteiger partial charge in [-0.05, 0) is 57.1 Å². The van der Waals surface area contributed by atoms with Crippen LogP contribution < -0.4 is 15.4 Å². The molecule has 0 saturated carbocycles. The molecule has 27 heavy (non-hydrogen) atoms. The van der Waals surface area contributed by atoms with Crippen LogP contribution in [0, 0.1) is 5.92 Å². The summed E-state index contributed by atoms with van der Waals surface area (Å²) in [6.45, 7) is 4.76. The number of nitrogens with one attached hydrogen (secondary N) is 3. The molecule has 2 rings (SSSR count). The van der Waals surface area contributed by atoms with Gasteiger partial charge in [0.05, 0.1) is 5.75 Å². The summed E-state index contributed by atoms with van der Waals surface area (Å²) in [7, 11) is 0.861. The molecule has 2 atom stereocenters. The second kappa shape index (κ2) is 11.0. The number of nitrogens with zero attached hydrogens (tertiary/aromatic N) is 2. The monoisotopic (exact) mass is 415 g/mol. The molecule has 0 aromatic carbocycles. The highest BCUT2D eigenvalue weighted by atomic mass is 32.2. The Hall–Kier alpha value is -1.16. The molecular formula is C18H33N5O2S2. The number of aliphatic imine (C=N–C) groups is 1. The number of rotatable bonds is 9. The van der Waals surface area contributed by atoms with Gasteiger partial charge in [0.25, 0.3) is 0 Å². The van der Waals surface area contributed by atoms with E-state index in [0.29, 0.717) is 31.5 Å². The van der Waals surface area contributed by atoms with E-state index >= 15 is 0 Å². The van der Waals surface area contributed by atoms with Gasteiger partial charge in [-0.15, -0.1) is 11.3 Å². The van der Waals surface area contributed by atoms with E-state index in [4.69, 9.17) is 0 Å². The molecule has 0 spiro atoms. The molecule has 0 amide bonds. The van der Waals surface area contributed by atoms with Crippen molar-refractivity contribution in [3.05, 3.63) is 22.4 Å². The van der Waals surface area contributed by atoms with Gasteiger partial charge in [0, 0.05) is 37.6 Å². The molecule has 1 fully saturated rings. The van der Waals surface area contributed by atoms with Crippen molar-refractivity contribution in [2.24, 2.45) is 10.9 Å². The van der Waals surface area contributed by atoms with Crippen molar-refractivity contribution in [1.82, 2.24) is 20.3 Å². The predicted octanol–water partition coefficient (Wildman–Crippen LogP) is 1.63. The fourth-order valence-corrected chi connectivity index (χ4v) is 5.10. The molecule has 0 radical (unpaired) electrons. The fourth-order valence-electron chi connectivity index (χ4n) is 3.46. The molecule has 1 saturated heterocycles. The highest BCUT2D eigenvalue weighted by molar-refractivity contribution is 7.89. The molecule has 0 bridgehead atoms. The minimum absolute atomic E-state index is 0.116. The van der Waals surface area contributed by atoms with Gasteiger partial charge in [0.1, 0.15) is 0 Å². The standard InChI is InChI=1S/C18H33N5O2S2/c1-4-27(24,25)22-11-7-10-20-18(19-2)21-14-15-8-5-12-23(3)17(15)16-9-6-13-26-16/h6,9,13,15,17,22H,4-5,7-8,10-12,14H2,1-3H3,(H2,19,20,21). The number of thiophene rings is 1. The van der Waals surface area contributed by atoms with Gasteiger partial charge in [0.15, 0.2) is 5.96 Å². The molecule has 0 aliphatic carbocycles. The summed E-state index contributed by atoms with van der Waals surface area (Å²) in [5, 5.41) is 8.86. The summed E-state index contributed by atoms with van der Waals surface area (Å²) in [6, 6.07) is 4.81. The maximum Gasteiger partial charge on any atom is 0.211 e. The van der Waals surface area contributed by atoms with Crippen LogP contribution >= 0.6 is 11.3 Å². The van der Waals surface area contributed by atoms with E-state index < -0.39 is 10.0 Å². The second-order valence-electron chi connectivity index (χ2n) is 6.87. The van der Waals surface area contributed by atoms with Gasteiger partial charge in [0.2, 0.25) is 10.0 Å². The Bertz CT molecular complexity index is 676. The average Bonchev–Trinajstić information content (AvgIpc) is 3.18. The Balaban J connectivity index is 1.77. The van der Waals surface area contributed by atoms with E-state index in [1.165, 1.54) is 17.7 Å². The minimum Gasteiger partial charge on any atom is -0.356 e. The van der Waals surface area contributed by atoms with Crippen LogP contribution in [0.4, 0.5) is 0 Å². The van der Waals surface area contributed by atoms with Crippen molar-refractivity contribution >= 4 is 27.3 Å². The summed E-state index contributed by atoms with van der Waals surface area (Å²) in [4.78, 5) is 8.17. The summed E-state index contributed by atoms with van der Waals surface area (Å²) < 4.78 is 25.4. The van der Waals surface area contributed by atoms with Crippen molar-refractivity contribution in [2.75, 3.05) is 46.0 Å². The topological polar surface area (TPSA) is 85.8 Å². The fraction of sp³-hybridized carbons (Fsp3) is 0.722. The van der Waals surface area contributed by atoms with Crippen LogP contribution in [-0.4, -0.2) is 65.3 Å². The maximum atomic E-state index is 11.4. The Morgan fingerprint density at radius 1 is 1.37 bits per heavy atom. The molecule has 1 aromatic heterocycles. The highest BCUT2D eigenvalue weighted by Gasteiger charge is 2.31. The van der Waals surface area contributed by atoms with Crippen LogP contribution in [0.2, 0.25) is 0 Å². The van der Waals surface area contributed by atoms with Gasteiger partial charge in [-0.2, -0.15) is 0 Å². The van der Waals surface area contributed by atoms with Crippen LogP contribution in [0.15, 0.2) is 22.5 Å². The lowest BCUT2D eigenvalue weighted by atomic mass is 9.88. The van der Waals surface area contributed by atoms with Crippen LogP contribution in [0.25, 0.3) is 0 Å². The van der Waals surface area contributed by atoms with Crippen molar-refractivity contribution in [3.8, 4) is 0 Å². The smallest absolute Gasteiger partial charge is 0.211 e. The van der Waals surface area contributed by atoms with E-state index in [-0.39, 0.29) is 5.75 Å². The Morgan fingerprint density at radius 2 is 2.19 bits per heavy atom. The first-order chi connectivity index (χ1) is 13.0. The first-order valence-electron chi connectivity index (χ1n) is 9.62. The Morgan fingerprint density at radius 3 is 2.85 bits per heavy atom. The normalized spacial score (nSPS) is 22.0. The van der Waals surface area contributed by atoms with E-state index in [2.05, 4.69) is 49.8 Å². The summed E-state index contributed by atoms with van der Waals surface area (Å²) in [5.41, 5.74) is 0. The van der Waals surface area contributed by atoms with E-state index in [9.17, 15) is 8.42 Å². The van der Waals surface area contributed by atoms with Gasteiger partial charge < -0.3 is 10.6 Å². The molecule has 154 valence electrons. The van der Waals surface area contributed by atoms with E-state index in [0.717, 1.165) is 19.0 Å². The molecule has 3 N–H and O–H groups in total. The molecule has 7 nitrogen and oxygen atoms in total. The van der Waals surface area contributed by atoms with Gasteiger partial charge in [-0.25, -0.2) is 13.1 Å². The number of hydrogen-bond donors (Lipinski definition) is 3. The molecular weight excluding hydrogens is 382 g/mol. The minimum atomic E-state index is -3.11. The highest BCUT2D eigenvalue weighted by Crippen LogP contribution is 2.36. The lowest BCUT2D eigenvalue weighted by molar-refractivity contribution is 0.125. The number of likely N-dealkylation sites (tertiary alicyclic amines) is 1. The van der Waals surface area contributed by atoms with Crippen LogP contribution in [0.5, 0.6) is 0 Å². The Kier molecular flexibility index (Phi) is 9.01. The summed E-state index contributed by atoms with van der Waals surface area (Å²) in [6.07, 6.45) is 3.13. The average molecular weight is 416 g/mol. The molecule has 2 heterocycles. The van der Waals surface area contributed by atoms with Crippen LogP contribution in [0.3, 0.4) is 0 Å². The van der Waals surface area contributed by atoms with Gasteiger partial charge in [-0.1, -0.05) is 6.07 Å². The third kappa shape index (κ3) is 7.06. The third-order valence-corrected chi connectivity index (χ3v) is 7.29. The molecule has 2 unspecified atom stereocenters. The first-order valence-corrected chi connectivity index (χ1v) is 12.2. The number of piperidine rings is 1. The maximum absolute atomic E-state index is 11.4. The zero-order valence-corrected chi connectivity index (χ0v) is 18.2. The van der Waals surface area contributed by atoms with E-state index in [1.54, 1.807) is 14.0 Å². The van der Waals surface area contributed by atoms with Gasteiger partial charge >= 0.3 is 0 Å². The lowest BCUT2D eigenvalue weighted by Gasteiger charge is -2.39. The molecule has 1 aromatic rings. The molecule has 1 aliphatic rings. The van der Waals surface area contributed by atoms with Crippen molar-refractivity contribution < 1.29 is 8.42 Å². The molecule has 1 aliphatic heterocycles. The van der Waals surface area contributed by atoms with Gasteiger partial charge in [-0.3, -0.25) is 9.89 Å². The van der Waals surface area contributed by atoms with Crippen LogP contribution in [-0.2, 0) is 10.0 Å². The number of hydrogen-bond acceptors (Lipinski definition) is 5. The largest absolute Gasteiger partial charge is 0.356 e. The SMILES string of the molecule is CCS(=O)(=O)NCCCNC(=NC)NCC1CCCN(C)C1c1cccs1. The predicted molar refractivity (Wildman–Crippen MR) is 114 cm³/mol.